The molecular formula is C27H23FN6O3. The number of hydrogen-bond donors (Lipinski definition) is 2. The van der Waals surface area contributed by atoms with Gasteiger partial charge in [0.2, 0.25) is 5.95 Å². The van der Waals surface area contributed by atoms with Crippen LogP contribution in [0, 0.1) is 5.82 Å². The average molecular weight is 499 g/mol. The van der Waals surface area contributed by atoms with Gasteiger partial charge >= 0.3 is 5.69 Å². The lowest BCUT2D eigenvalue weighted by molar-refractivity contribution is 0.306. The molecule has 0 aliphatic carbocycles. The fourth-order valence-electron chi connectivity index (χ4n) is 3.83. The Bertz CT molecular complexity index is 1690. The van der Waals surface area contributed by atoms with Gasteiger partial charge in [0.05, 0.1) is 12.8 Å². The molecule has 9 nitrogen and oxygen atoms in total. The Morgan fingerprint density at radius 3 is 2.51 bits per heavy atom. The lowest BCUT2D eigenvalue weighted by Crippen LogP contribution is -2.29. The van der Waals surface area contributed by atoms with Crippen molar-refractivity contribution in [2.75, 3.05) is 5.43 Å². The molecule has 5 rings (SSSR count). The largest absolute Gasteiger partial charge is 0.489 e. The van der Waals surface area contributed by atoms with Gasteiger partial charge in [-0.2, -0.15) is 10.1 Å². The standard InChI is InChI=1S/C27H23FN6O3/c1-33-24-23(25(35)31-27(33)36)34(16-20-9-5-6-10-22(20)28)26(30-24)32-29-15-18-11-13-21(14-12-18)37-17-19-7-3-2-4-8-19/h2-15H,16-17H2,1H3,(H,30,32)(H,31,35,36). The first kappa shape index (κ1) is 23.7. The third-order valence-electron chi connectivity index (χ3n) is 5.80. The van der Waals surface area contributed by atoms with Crippen LogP contribution in [-0.2, 0) is 20.2 Å². The molecule has 0 radical (unpaired) electrons. The van der Waals surface area contributed by atoms with Crippen LogP contribution >= 0.6 is 0 Å². The van der Waals surface area contributed by atoms with Crippen LogP contribution in [0.3, 0.4) is 0 Å². The molecule has 0 amide bonds. The van der Waals surface area contributed by atoms with Crippen LogP contribution in [-0.4, -0.2) is 25.3 Å². The summed E-state index contributed by atoms with van der Waals surface area (Å²) in [6.07, 6.45) is 1.58. The summed E-state index contributed by atoms with van der Waals surface area (Å²) >= 11 is 0. The van der Waals surface area contributed by atoms with Gasteiger partial charge in [0.25, 0.3) is 5.56 Å². The number of nitrogens with one attached hydrogen (secondary N) is 2. The van der Waals surface area contributed by atoms with Gasteiger partial charge in [-0.25, -0.2) is 14.6 Å². The van der Waals surface area contributed by atoms with Crippen molar-refractivity contribution < 1.29 is 9.13 Å². The number of rotatable bonds is 8. The van der Waals surface area contributed by atoms with Crippen molar-refractivity contribution >= 4 is 23.3 Å². The summed E-state index contributed by atoms with van der Waals surface area (Å²) in [5, 5.41) is 4.24. The topological polar surface area (TPSA) is 106 Å². The number of anilines is 1. The summed E-state index contributed by atoms with van der Waals surface area (Å²) in [4.78, 5) is 31.4. The fourth-order valence-corrected chi connectivity index (χ4v) is 3.83. The lowest BCUT2D eigenvalue weighted by Gasteiger charge is -2.09. The van der Waals surface area contributed by atoms with Gasteiger partial charge < -0.3 is 4.74 Å². The van der Waals surface area contributed by atoms with Gasteiger partial charge in [-0.05, 0) is 41.5 Å². The highest BCUT2D eigenvalue weighted by Crippen LogP contribution is 2.19. The van der Waals surface area contributed by atoms with E-state index >= 15 is 0 Å². The molecule has 0 unspecified atom stereocenters. The van der Waals surface area contributed by atoms with Gasteiger partial charge in [-0.15, -0.1) is 0 Å². The van der Waals surface area contributed by atoms with Gasteiger partial charge in [-0.3, -0.25) is 18.9 Å². The van der Waals surface area contributed by atoms with E-state index in [1.54, 1.807) is 24.4 Å². The Morgan fingerprint density at radius 1 is 1.03 bits per heavy atom. The van der Waals surface area contributed by atoms with E-state index in [4.69, 9.17) is 4.74 Å². The molecule has 0 fully saturated rings. The minimum atomic E-state index is -0.620. The number of imidazole rings is 1. The van der Waals surface area contributed by atoms with Crippen LogP contribution in [0.2, 0.25) is 0 Å². The summed E-state index contributed by atoms with van der Waals surface area (Å²) in [6.45, 7) is 0.478. The second-order valence-corrected chi connectivity index (χ2v) is 8.32. The monoisotopic (exact) mass is 498 g/mol. The van der Waals surface area contributed by atoms with Gasteiger partial charge in [0.15, 0.2) is 11.2 Å². The maximum atomic E-state index is 14.4. The van der Waals surface area contributed by atoms with E-state index in [0.29, 0.717) is 12.2 Å². The Morgan fingerprint density at radius 2 is 1.76 bits per heavy atom. The molecular weight excluding hydrogens is 475 g/mol. The van der Waals surface area contributed by atoms with Crippen molar-refractivity contribution in [2.45, 2.75) is 13.2 Å². The number of benzene rings is 3. The van der Waals surface area contributed by atoms with Crippen LogP contribution in [0.5, 0.6) is 5.75 Å². The summed E-state index contributed by atoms with van der Waals surface area (Å²) in [5.41, 5.74) is 4.11. The maximum Gasteiger partial charge on any atom is 0.329 e. The summed E-state index contributed by atoms with van der Waals surface area (Å²) in [5.74, 6) is 0.486. The normalized spacial score (nSPS) is 11.3. The van der Waals surface area contributed by atoms with Crippen LogP contribution in [0.25, 0.3) is 11.2 Å². The molecule has 2 aromatic heterocycles. The molecule has 10 heteroatoms. The number of fused-ring (bicyclic) bond motifs is 1. The smallest absolute Gasteiger partial charge is 0.329 e. The zero-order chi connectivity index (χ0) is 25.8. The van der Waals surface area contributed by atoms with Crippen molar-refractivity contribution in [3.63, 3.8) is 0 Å². The lowest BCUT2D eigenvalue weighted by atomic mass is 10.2. The number of aromatic amines is 1. The predicted molar refractivity (Wildman–Crippen MR) is 140 cm³/mol. The van der Waals surface area contributed by atoms with Crippen LogP contribution in [0.15, 0.2) is 93.6 Å². The van der Waals surface area contributed by atoms with Crippen molar-refractivity contribution in [3.05, 3.63) is 122 Å². The van der Waals surface area contributed by atoms with Crippen molar-refractivity contribution in [2.24, 2.45) is 12.1 Å². The minimum absolute atomic E-state index is 0.00968. The maximum absolute atomic E-state index is 14.4. The van der Waals surface area contributed by atoms with Crippen molar-refractivity contribution in [3.8, 4) is 5.75 Å². The molecule has 0 aliphatic heterocycles. The van der Waals surface area contributed by atoms with Crippen molar-refractivity contribution in [1.29, 1.82) is 0 Å². The molecule has 5 aromatic rings. The Hall–Kier alpha value is -4.99. The number of hydrogen-bond acceptors (Lipinski definition) is 6. The summed E-state index contributed by atoms with van der Waals surface area (Å²) < 4.78 is 22.9. The number of ether oxygens (including phenoxy) is 1. The molecule has 0 saturated carbocycles. The molecule has 0 spiro atoms. The molecule has 0 atom stereocenters. The molecule has 2 heterocycles. The zero-order valence-corrected chi connectivity index (χ0v) is 19.9. The first-order valence-electron chi connectivity index (χ1n) is 11.5. The van der Waals surface area contributed by atoms with E-state index in [0.717, 1.165) is 16.9 Å². The Balaban J connectivity index is 1.38. The predicted octanol–water partition coefficient (Wildman–Crippen LogP) is 3.64. The highest BCUT2D eigenvalue weighted by Gasteiger charge is 2.18. The third-order valence-corrected chi connectivity index (χ3v) is 5.80. The second kappa shape index (κ2) is 10.3. The zero-order valence-electron chi connectivity index (χ0n) is 19.9. The third kappa shape index (κ3) is 5.18. The van der Waals surface area contributed by atoms with E-state index in [-0.39, 0.29) is 23.7 Å². The molecule has 2 N–H and O–H groups in total. The fraction of sp³-hybridized carbons (Fsp3) is 0.111. The van der Waals surface area contributed by atoms with Gasteiger partial charge in [0, 0.05) is 12.6 Å². The van der Waals surface area contributed by atoms with E-state index in [9.17, 15) is 14.0 Å². The minimum Gasteiger partial charge on any atom is -0.489 e. The number of aryl methyl sites for hydroxylation is 1. The van der Waals surface area contributed by atoms with Crippen LogP contribution in [0.4, 0.5) is 10.3 Å². The van der Waals surface area contributed by atoms with E-state index in [1.807, 2.05) is 54.6 Å². The summed E-state index contributed by atoms with van der Waals surface area (Å²) in [6, 6.07) is 23.5. The van der Waals surface area contributed by atoms with Gasteiger partial charge in [-0.1, -0.05) is 48.5 Å². The quantitative estimate of drug-likeness (QED) is 0.251. The highest BCUT2D eigenvalue weighted by molar-refractivity contribution is 5.80. The van der Waals surface area contributed by atoms with E-state index in [2.05, 4.69) is 20.5 Å². The molecule has 0 aliphatic rings. The highest BCUT2D eigenvalue weighted by atomic mass is 19.1. The van der Waals surface area contributed by atoms with Gasteiger partial charge in [0.1, 0.15) is 18.2 Å². The number of halogens is 1. The van der Waals surface area contributed by atoms with Crippen molar-refractivity contribution in [1.82, 2.24) is 19.1 Å². The first-order chi connectivity index (χ1) is 18.0. The Labute approximate surface area is 210 Å². The number of H-pyrrole nitrogens is 1. The van der Waals surface area contributed by atoms with E-state index in [1.165, 1.54) is 22.2 Å². The first-order valence-corrected chi connectivity index (χ1v) is 11.5. The molecule has 0 saturated heterocycles. The van der Waals surface area contributed by atoms with E-state index < -0.39 is 17.1 Å². The summed E-state index contributed by atoms with van der Waals surface area (Å²) in [7, 11) is 1.50. The Kier molecular flexibility index (Phi) is 6.62. The van der Waals surface area contributed by atoms with Crippen LogP contribution < -0.4 is 21.4 Å². The van der Waals surface area contributed by atoms with Crippen LogP contribution in [0.1, 0.15) is 16.7 Å². The number of nitrogens with zero attached hydrogens (tertiary/aromatic N) is 4. The molecule has 3 aromatic carbocycles. The molecule has 37 heavy (non-hydrogen) atoms. The number of aromatic nitrogens is 4. The molecule has 186 valence electrons. The average Bonchev–Trinajstić information content (AvgIpc) is 3.27. The number of hydrazone groups is 1. The SMILES string of the molecule is Cn1c(=O)[nH]c(=O)c2c1nc(NN=Cc1ccc(OCc3ccccc3)cc1)n2Cc1ccccc1F. The molecule has 0 bridgehead atoms. The second-order valence-electron chi connectivity index (χ2n) is 8.32.